The van der Waals surface area contributed by atoms with Crippen LogP contribution >= 0.6 is 0 Å². The summed E-state index contributed by atoms with van der Waals surface area (Å²) in [6.07, 6.45) is 1.63. The largest absolute Gasteiger partial charge is 0.408 e. The first-order valence-corrected chi connectivity index (χ1v) is 16.9. The standard InChI is InChI=1S/C34H42O4Si/c1-32(2,3)39(6,7)38-29-23-25(30-31(29)37-33(4,5)36-30)24-35-34(26-17-11-8-12-18-26,27-19-13-9-14-20-27)28-21-15-10-16-22-28/h8-23,29-31H,24H2,1-7H3/t29?,30-,31+/m1/s1. The van der Waals surface area contributed by atoms with E-state index in [0.29, 0.717) is 6.61 Å². The van der Waals surface area contributed by atoms with Crippen molar-refractivity contribution in [2.45, 2.75) is 82.5 Å². The molecule has 4 nitrogen and oxygen atoms in total. The molecular formula is C34H42O4Si. The molecule has 1 heterocycles. The molecule has 5 heteroatoms. The Morgan fingerprint density at radius 3 is 1.64 bits per heavy atom. The van der Waals surface area contributed by atoms with E-state index >= 15 is 0 Å². The van der Waals surface area contributed by atoms with E-state index in [1.54, 1.807) is 0 Å². The van der Waals surface area contributed by atoms with Crippen LogP contribution in [0.1, 0.15) is 51.3 Å². The highest BCUT2D eigenvalue weighted by Crippen LogP contribution is 2.46. The fourth-order valence-corrected chi connectivity index (χ4v) is 6.66. The number of benzene rings is 3. The third-order valence-electron chi connectivity index (χ3n) is 8.43. The lowest BCUT2D eigenvalue weighted by atomic mass is 9.80. The minimum atomic E-state index is -2.04. The summed E-state index contributed by atoms with van der Waals surface area (Å²) in [5.41, 5.74) is 3.51. The van der Waals surface area contributed by atoms with Crippen LogP contribution < -0.4 is 0 Å². The van der Waals surface area contributed by atoms with Crippen LogP contribution in [0.3, 0.4) is 0 Å². The Morgan fingerprint density at radius 2 is 1.21 bits per heavy atom. The van der Waals surface area contributed by atoms with Crippen LogP contribution in [0.4, 0.5) is 0 Å². The van der Waals surface area contributed by atoms with Crippen molar-refractivity contribution in [1.29, 1.82) is 0 Å². The number of ether oxygens (including phenoxy) is 3. The maximum absolute atomic E-state index is 7.15. The molecule has 1 aliphatic heterocycles. The molecule has 0 amide bonds. The molecule has 0 N–H and O–H groups in total. The zero-order valence-corrected chi connectivity index (χ0v) is 25.3. The van der Waals surface area contributed by atoms with Gasteiger partial charge < -0.3 is 18.6 Å². The minimum Gasteiger partial charge on any atom is -0.408 e. The summed E-state index contributed by atoms with van der Waals surface area (Å²) in [5.74, 6) is -0.681. The zero-order chi connectivity index (χ0) is 27.9. The van der Waals surface area contributed by atoms with Gasteiger partial charge in [-0.25, -0.2) is 0 Å². The molecule has 0 radical (unpaired) electrons. The van der Waals surface area contributed by atoms with Crippen molar-refractivity contribution < 1.29 is 18.6 Å². The predicted molar refractivity (Wildman–Crippen MR) is 159 cm³/mol. The van der Waals surface area contributed by atoms with Gasteiger partial charge in [-0.05, 0) is 54.2 Å². The van der Waals surface area contributed by atoms with Gasteiger partial charge in [0, 0.05) is 0 Å². The van der Waals surface area contributed by atoms with Crippen LogP contribution in [0.15, 0.2) is 103 Å². The van der Waals surface area contributed by atoms with Crippen molar-refractivity contribution >= 4 is 8.32 Å². The van der Waals surface area contributed by atoms with Crippen molar-refractivity contribution in [3.8, 4) is 0 Å². The van der Waals surface area contributed by atoms with Crippen LogP contribution in [0.5, 0.6) is 0 Å². The molecule has 2 aliphatic rings. The van der Waals surface area contributed by atoms with Crippen LogP contribution in [-0.2, 0) is 24.2 Å². The van der Waals surface area contributed by atoms with E-state index in [1.807, 2.05) is 32.0 Å². The van der Waals surface area contributed by atoms with Gasteiger partial charge in [-0.3, -0.25) is 0 Å². The Kier molecular flexibility index (Phi) is 7.51. The van der Waals surface area contributed by atoms with E-state index < -0.39 is 19.7 Å². The molecule has 3 aromatic carbocycles. The van der Waals surface area contributed by atoms with Gasteiger partial charge in [-0.15, -0.1) is 0 Å². The summed E-state index contributed by atoms with van der Waals surface area (Å²) in [4.78, 5) is 0. The quantitative estimate of drug-likeness (QED) is 0.165. The summed E-state index contributed by atoms with van der Waals surface area (Å²) < 4.78 is 26.9. The Hall–Kier alpha value is -2.54. The van der Waals surface area contributed by atoms with Gasteiger partial charge in [0.25, 0.3) is 0 Å². The molecule has 1 unspecified atom stereocenters. The lowest BCUT2D eigenvalue weighted by Crippen LogP contribution is -2.47. The maximum atomic E-state index is 7.15. The lowest BCUT2D eigenvalue weighted by Gasteiger charge is -2.39. The van der Waals surface area contributed by atoms with Crippen LogP contribution in [0.2, 0.25) is 18.1 Å². The van der Waals surface area contributed by atoms with Gasteiger partial charge in [-0.2, -0.15) is 0 Å². The first kappa shape index (κ1) is 28.0. The van der Waals surface area contributed by atoms with Gasteiger partial charge in [0.1, 0.15) is 17.8 Å². The monoisotopic (exact) mass is 542 g/mol. The first-order chi connectivity index (χ1) is 18.4. The van der Waals surface area contributed by atoms with Crippen molar-refractivity contribution in [1.82, 2.24) is 0 Å². The molecule has 0 spiro atoms. The summed E-state index contributed by atoms with van der Waals surface area (Å²) in [7, 11) is -2.04. The lowest BCUT2D eigenvalue weighted by molar-refractivity contribution is -0.152. The van der Waals surface area contributed by atoms with E-state index in [0.717, 1.165) is 22.3 Å². The molecule has 1 aliphatic carbocycles. The molecular weight excluding hydrogens is 500 g/mol. The number of hydrogen-bond acceptors (Lipinski definition) is 4. The molecule has 1 fully saturated rings. The van der Waals surface area contributed by atoms with Crippen LogP contribution in [-0.4, -0.2) is 39.0 Å². The highest BCUT2D eigenvalue weighted by Gasteiger charge is 2.53. The summed E-state index contributed by atoms with van der Waals surface area (Å²) >= 11 is 0. The first-order valence-electron chi connectivity index (χ1n) is 14.0. The van der Waals surface area contributed by atoms with Crippen LogP contribution in [0, 0.1) is 0 Å². The molecule has 5 rings (SSSR count). The van der Waals surface area contributed by atoms with Crippen molar-refractivity contribution in [3.63, 3.8) is 0 Å². The summed E-state index contributed by atoms with van der Waals surface area (Å²) in [6.45, 7) is 15.7. The second-order valence-electron chi connectivity index (χ2n) is 12.7. The average molecular weight is 543 g/mol. The normalized spacial score (nSPS) is 22.9. The Bertz CT molecular complexity index is 1180. The number of hydrogen-bond donors (Lipinski definition) is 0. The zero-order valence-electron chi connectivity index (χ0n) is 24.3. The summed E-state index contributed by atoms with van der Waals surface area (Å²) in [6, 6.07) is 31.5. The van der Waals surface area contributed by atoms with Crippen molar-refractivity contribution in [2.75, 3.05) is 6.61 Å². The van der Waals surface area contributed by atoms with Gasteiger partial charge >= 0.3 is 0 Å². The fraction of sp³-hybridized carbons (Fsp3) is 0.412. The van der Waals surface area contributed by atoms with E-state index in [4.69, 9.17) is 18.6 Å². The number of rotatable bonds is 8. The molecule has 1 saturated heterocycles. The van der Waals surface area contributed by atoms with Crippen molar-refractivity contribution in [3.05, 3.63) is 119 Å². The third-order valence-corrected chi connectivity index (χ3v) is 12.9. The topological polar surface area (TPSA) is 36.9 Å². The smallest absolute Gasteiger partial charge is 0.193 e. The molecule has 206 valence electrons. The summed E-state index contributed by atoms with van der Waals surface area (Å²) in [5, 5.41) is 0.0909. The van der Waals surface area contributed by atoms with E-state index in [9.17, 15) is 0 Å². The fourth-order valence-electron chi connectivity index (χ4n) is 5.43. The second kappa shape index (κ2) is 10.5. The second-order valence-corrected chi connectivity index (χ2v) is 17.4. The average Bonchev–Trinajstić information content (AvgIpc) is 3.38. The van der Waals surface area contributed by atoms with E-state index in [2.05, 4.69) is 113 Å². The molecule has 0 saturated carbocycles. The SMILES string of the molecule is CC1(C)O[C@@H]2C(COC(c3ccccc3)(c3ccccc3)c3ccccc3)=CC(O[Si](C)(C)C(C)(C)C)[C@@H]2O1. The minimum absolute atomic E-state index is 0.0909. The molecule has 3 aromatic rings. The molecule has 0 aromatic heterocycles. The van der Waals surface area contributed by atoms with Gasteiger partial charge in [0.2, 0.25) is 0 Å². The van der Waals surface area contributed by atoms with E-state index in [1.165, 1.54) is 0 Å². The third kappa shape index (κ3) is 5.43. The van der Waals surface area contributed by atoms with Crippen LogP contribution in [0.25, 0.3) is 0 Å². The van der Waals surface area contributed by atoms with Crippen molar-refractivity contribution in [2.24, 2.45) is 0 Å². The Balaban J connectivity index is 1.55. The predicted octanol–water partition coefficient (Wildman–Crippen LogP) is 7.85. The van der Waals surface area contributed by atoms with Gasteiger partial charge in [0.05, 0.1) is 12.7 Å². The highest BCUT2D eigenvalue weighted by molar-refractivity contribution is 6.74. The Labute approximate surface area is 235 Å². The molecule has 3 atom stereocenters. The molecule has 39 heavy (non-hydrogen) atoms. The van der Waals surface area contributed by atoms with Gasteiger partial charge in [-0.1, -0.05) is 118 Å². The number of fused-ring (bicyclic) bond motifs is 1. The van der Waals surface area contributed by atoms with E-state index in [-0.39, 0.29) is 23.4 Å². The molecule has 0 bridgehead atoms. The highest BCUT2D eigenvalue weighted by atomic mass is 28.4. The van der Waals surface area contributed by atoms with Gasteiger partial charge in [0.15, 0.2) is 14.1 Å². The Morgan fingerprint density at radius 1 is 0.744 bits per heavy atom. The maximum Gasteiger partial charge on any atom is 0.193 e.